The van der Waals surface area contributed by atoms with Crippen LogP contribution in [0.1, 0.15) is 79.8 Å². The SMILES string of the molecule is O=C(CCC1CCCCC1)NCCCc1nc2c(s1)CCCC2. The maximum absolute atomic E-state index is 11.9. The number of rotatable bonds is 7. The Labute approximate surface area is 144 Å². The highest BCUT2D eigenvalue weighted by atomic mass is 32.1. The van der Waals surface area contributed by atoms with E-state index in [2.05, 4.69) is 5.32 Å². The number of thiazole rings is 1. The Bertz CT molecular complexity index is 482. The largest absolute Gasteiger partial charge is 0.356 e. The summed E-state index contributed by atoms with van der Waals surface area (Å²) in [6.45, 7) is 0.799. The van der Waals surface area contributed by atoms with Crippen molar-refractivity contribution < 1.29 is 4.79 Å². The molecule has 3 nitrogen and oxygen atoms in total. The summed E-state index contributed by atoms with van der Waals surface area (Å²) in [5.41, 5.74) is 1.35. The smallest absolute Gasteiger partial charge is 0.220 e. The van der Waals surface area contributed by atoms with Gasteiger partial charge < -0.3 is 5.32 Å². The van der Waals surface area contributed by atoms with Crippen LogP contribution in [-0.2, 0) is 24.1 Å². The summed E-state index contributed by atoms with van der Waals surface area (Å²) in [5.74, 6) is 1.05. The molecule has 0 saturated heterocycles. The number of amides is 1. The summed E-state index contributed by atoms with van der Waals surface area (Å²) >= 11 is 1.90. The number of carbonyl (C=O) groups excluding carboxylic acids is 1. The van der Waals surface area contributed by atoms with Crippen LogP contribution in [0.5, 0.6) is 0 Å². The van der Waals surface area contributed by atoms with Gasteiger partial charge in [-0.2, -0.15) is 0 Å². The van der Waals surface area contributed by atoms with Crippen molar-refractivity contribution in [1.82, 2.24) is 10.3 Å². The highest BCUT2D eigenvalue weighted by Gasteiger charge is 2.16. The van der Waals surface area contributed by atoms with Gasteiger partial charge in [-0.15, -0.1) is 11.3 Å². The zero-order valence-electron chi connectivity index (χ0n) is 14.2. The summed E-state index contributed by atoms with van der Waals surface area (Å²) in [6, 6.07) is 0. The highest BCUT2D eigenvalue weighted by Crippen LogP contribution is 2.28. The van der Waals surface area contributed by atoms with Gasteiger partial charge >= 0.3 is 0 Å². The number of nitrogens with zero attached hydrogens (tertiary/aromatic N) is 1. The maximum atomic E-state index is 11.9. The van der Waals surface area contributed by atoms with Crippen LogP contribution in [0.25, 0.3) is 0 Å². The summed E-state index contributed by atoms with van der Waals surface area (Å²) in [6.07, 6.45) is 15.7. The summed E-state index contributed by atoms with van der Waals surface area (Å²) in [5, 5.41) is 4.36. The van der Waals surface area contributed by atoms with E-state index in [1.165, 1.54) is 73.4 Å². The lowest BCUT2D eigenvalue weighted by Gasteiger charge is -2.20. The number of hydrogen-bond donors (Lipinski definition) is 1. The molecule has 3 rings (SSSR count). The normalized spacial score (nSPS) is 18.6. The third kappa shape index (κ3) is 5.30. The maximum Gasteiger partial charge on any atom is 0.220 e. The molecule has 128 valence electrons. The van der Waals surface area contributed by atoms with Crippen molar-refractivity contribution in [1.29, 1.82) is 0 Å². The summed E-state index contributed by atoms with van der Waals surface area (Å²) in [7, 11) is 0. The molecule has 23 heavy (non-hydrogen) atoms. The fourth-order valence-corrected chi connectivity index (χ4v) is 5.08. The second-order valence-corrected chi connectivity index (χ2v) is 8.35. The van der Waals surface area contributed by atoms with Crippen molar-refractivity contribution >= 4 is 17.2 Å². The van der Waals surface area contributed by atoms with Crippen LogP contribution in [0.15, 0.2) is 0 Å². The zero-order chi connectivity index (χ0) is 15.9. The van der Waals surface area contributed by atoms with Crippen molar-refractivity contribution in [3.63, 3.8) is 0 Å². The molecule has 4 heteroatoms. The molecule has 0 spiro atoms. The Balaban J connectivity index is 1.28. The fraction of sp³-hybridized carbons (Fsp3) is 0.789. The van der Waals surface area contributed by atoms with Crippen molar-refractivity contribution in [2.24, 2.45) is 5.92 Å². The second-order valence-electron chi connectivity index (χ2n) is 7.18. The Morgan fingerprint density at radius 2 is 1.96 bits per heavy atom. The minimum atomic E-state index is 0.244. The lowest BCUT2D eigenvalue weighted by molar-refractivity contribution is -0.121. The minimum absolute atomic E-state index is 0.244. The molecule has 1 heterocycles. The van der Waals surface area contributed by atoms with Crippen molar-refractivity contribution in [3.8, 4) is 0 Å². The van der Waals surface area contributed by atoms with Gasteiger partial charge in [0, 0.05) is 24.3 Å². The van der Waals surface area contributed by atoms with Crippen LogP contribution in [0.4, 0.5) is 0 Å². The predicted octanol–water partition coefficient (Wildman–Crippen LogP) is 4.43. The molecule has 2 aliphatic carbocycles. The van der Waals surface area contributed by atoms with E-state index in [9.17, 15) is 4.79 Å². The molecular formula is C19H30N2OS. The topological polar surface area (TPSA) is 42.0 Å². The van der Waals surface area contributed by atoms with Crippen LogP contribution in [-0.4, -0.2) is 17.4 Å². The van der Waals surface area contributed by atoms with E-state index in [0.717, 1.165) is 38.1 Å². The van der Waals surface area contributed by atoms with Crippen LogP contribution < -0.4 is 5.32 Å². The average molecular weight is 335 g/mol. The lowest BCUT2D eigenvalue weighted by atomic mass is 9.86. The molecule has 1 aromatic rings. The predicted molar refractivity (Wildman–Crippen MR) is 95.9 cm³/mol. The first kappa shape index (κ1) is 16.9. The van der Waals surface area contributed by atoms with Crippen LogP contribution in [0.2, 0.25) is 0 Å². The van der Waals surface area contributed by atoms with Gasteiger partial charge in [-0.05, 0) is 44.4 Å². The summed E-state index contributed by atoms with van der Waals surface area (Å²) < 4.78 is 0. The Morgan fingerprint density at radius 1 is 1.13 bits per heavy atom. The molecule has 0 atom stereocenters. The molecular weight excluding hydrogens is 304 g/mol. The van der Waals surface area contributed by atoms with E-state index in [1.807, 2.05) is 11.3 Å². The monoisotopic (exact) mass is 334 g/mol. The van der Waals surface area contributed by atoms with Gasteiger partial charge in [-0.1, -0.05) is 32.1 Å². The Hall–Kier alpha value is -0.900. The van der Waals surface area contributed by atoms with Crippen LogP contribution in [0.3, 0.4) is 0 Å². The number of aryl methyl sites for hydroxylation is 3. The molecule has 1 saturated carbocycles. The Kier molecular flexibility index (Phi) is 6.49. The molecule has 1 fully saturated rings. The standard InChI is InChI=1S/C19H30N2OS/c22-18(13-12-15-7-2-1-3-8-15)20-14-6-11-19-21-16-9-4-5-10-17(16)23-19/h15H,1-14H2,(H,20,22). The molecule has 0 aliphatic heterocycles. The molecule has 0 radical (unpaired) electrons. The van der Waals surface area contributed by atoms with E-state index >= 15 is 0 Å². The number of carbonyl (C=O) groups is 1. The number of aromatic nitrogens is 1. The number of hydrogen-bond acceptors (Lipinski definition) is 3. The highest BCUT2D eigenvalue weighted by molar-refractivity contribution is 7.11. The molecule has 1 aromatic heterocycles. The molecule has 2 aliphatic rings. The van der Waals surface area contributed by atoms with E-state index in [-0.39, 0.29) is 5.91 Å². The zero-order valence-corrected chi connectivity index (χ0v) is 15.1. The molecule has 1 N–H and O–H groups in total. The van der Waals surface area contributed by atoms with Crippen LogP contribution in [0, 0.1) is 5.92 Å². The average Bonchev–Trinajstić information content (AvgIpc) is 3.00. The van der Waals surface area contributed by atoms with Gasteiger partial charge in [0.1, 0.15) is 0 Å². The van der Waals surface area contributed by atoms with Crippen molar-refractivity contribution in [2.45, 2.75) is 83.5 Å². The first-order valence-corrected chi connectivity index (χ1v) is 10.4. The molecule has 0 aromatic carbocycles. The van der Waals surface area contributed by atoms with Crippen molar-refractivity contribution in [3.05, 3.63) is 15.6 Å². The van der Waals surface area contributed by atoms with Gasteiger partial charge in [0.2, 0.25) is 5.91 Å². The van der Waals surface area contributed by atoms with E-state index in [4.69, 9.17) is 4.98 Å². The minimum Gasteiger partial charge on any atom is -0.356 e. The first-order valence-electron chi connectivity index (χ1n) is 9.55. The summed E-state index contributed by atoms with van der Waals surface area (Å²) in [4.78, 5) is 18.2. The lowest BCUT2D eigenvalue weighted by Crippen LogP contribution is -2.25. The Morgan fingerprint density at radius 3 is 2.78 bits per heavy atom. The molecule has 0 unspecified atom stereocenters. The van der Waals surface area contributed by atoms with E-state index in [0.29, 0.717) is 0 Å². The van der Waals surface area contributed by atoms with Gasteiger partial charge in [0.05, 0.1) is 10.7 Å². The first-order chi connectivity index (χ1) is 11.3. The van der Waals surface area contributed by atoms with Gasteiger partial charge in [0.15, 0.2) is 0 Å². The number of nitrogens with one attached hydrogen (secondary N) is 1. The van der Waals surface area contributed by atoms with E-state index < -0.39 is 0 Å². The van der Waals surface area contributed by atoms with Gasteiger partial charge in [-0.25, -0.2) is 4.98 Å². The van der Waals surface area contributed by atoms with Gasteiger partial charge in [-0.3, -0.25) is 4.79 Å². The van der Waals surface area contributed by atoms with Crippen LogP contribution >= 0.6 is 11.3 Å². The second kappa shape index (κ2) is 8.81. The van der Waals surface area contributed by atoms with Gasteiger partial charge in [0.25, 0.3) is 0 Å². The van der Waals surface area contributed by atoms with E-state index in [1.54, 1.807) is 0 Å². The fourth-order valence-electron chi connectivity index (χ4n) is 3.88. The molecule has 0 bridgehead atoms. The number of fused-ring (bicyclic) bond motifs is 1. The molecule has 1 amide bonds. The third-order valence-electron chi connectivity index (χ3n) is 5.28. The quantitative estimate of drug-likeness (QED) is 0.749. The van der Waals surface area contributed by atoms with Crippen molar-refractivity contribution in [2.75, 3.05) is 6.54 Å². The third-order valence-corrected chi connectivity index (χ3v) is 6.50.